The molecule has 0 radical (unpaired) electrons. The summed E-state index contributed by atoms with van der Waals surface area (Å²) in [6.45, 7) is 2.12. The van der Waals surface area contributed by atoms with Crippen molar-refractivity contribution in [1.82, 2.24) is 35.6 Å². The highest BCUT2D eigenvalue weighted by atomic mass is 15.4. The third-order valence-corrected chi connectivity index (χ3v) is 5.08. The Kier molecular flexibility index (Phi) is 4.80. The summed E-state index contributed by atoms with van der Waals surface area (Å²) in [5, 5.41) is 7.96. The highest BCUT2D eigenvalue weighted by molar-refractivity contribution is 5.86. The molecule has 5 rings (SSSR count). The second-order valence-corrected chi connectivity index (χ2v) is 7.29. The third-order valence-electron chi connectivity index (χ3n) is 5.08. The van der Waals surface area contributed by atoms with Gasteiger partial charge in [-0.05, 0) is 48.4 Å². The van der Waals surface area contributed by atoms with Crippen LogP contribution in [0, 0.1) is 0 Å². The number of rotatable bonds is 5. The summed E-state index contributed by atoms with van der Waals surface area (Å²) in [6.07, 6.45) is 12.4. The van der Waals surface area contributed by atoms with Gasteiger partial charge in [0.2, 0.25) is 0 Å². The molecule has 8 heteroatoms. The second kappa shape index (κ2) is 7.91. The van der Waals surface area contributed by atoms with E-state index in [0.29, 0.717) is 0 Å². The fourth-order valence-electron chi connectivity index (χ4n) is 3.52. The number of pyridine rings is 3. The van der Waals surface area contributed by atoms with Gasteiger partial charge in [0.1, 0.15) is 17.3 Å². The van der Waals surface area contributed by atoms with E-state index in [1.165, 1.54) is 5.57 Å². The topological polar surface area (TPSA) is 92.6 Å². The predicted molar refractivity (Wildman–Crippen MR) is 121 cm³/mol. The summed E-state index contributed by atoms with van der Waals surface area (Å²) in [5.74, 6) is 1.59. The van der Waals surface area contributed by atoms with Crippen LogP contribution in [-0.4, -0.2) is 24.7 Å². The highest BCUT2D eigenvalue weighted by Gasteiger charge is 2.14. The Labute approximate surface area is 179 Å². The Morgan fingerprint density at radius 3 is 2.87 bits per heavy atom. The number of nitrogens with zero attached hydrogens (tertiary/aromatic N) is 5. The zero-order valence-corrected chi connectivity index (χ0v) is 17.3. The van der Waals surface area contributed by atoms with Crippen LogP contribution in [0.5, 0.6) is 0 Å². The Hall–Kier alpha value is -4.20. The Morgan fingerprint density at radius 1 is 1.10 bits per heavy atom. The van der Waals surface area contributed by atoms with Crippen molar-refractivity contribution < 1.29 is 0 Å². The van der Waals surface area contributed by atoms with Crippen LogP contribution in [0.2, 0.25) is 0 Å². The van der Waals surface area contributed by atoms with Crippen LogP contribution in [0.15, 0.2) is 78.8 Å². The molecule has 31 heavy (non-hydrogen) atoms. The summed E-state index contributed by atoms with van der Waals surface area (Å²) in [4.78, 5) is 13.6. The van der Waals surface area contributed by atoms with Gasteiger partial charge < -0.3 is 10.7 Å². The van der Waals surface area contributed by atoms with Crippen molar-refractivity contribution in [2.75, 3.05) is 5.32 Å². The van der Waals surface area contributed by atoms with Gasteiger partial charge in [0.05, 0.1) is 11.0 Å². The molecule has 0 unspecified atom stereocenters. The van der Waals surface area contributed by atoms with Gasteiger partial charge in [-0.1, -0.05) is 6.92 Å². The van der Waals surface area contributed by atoms with Crippen LogP contribution in [0.1, 0.15) is 13.3 Å². The summed E-state index contributed by atoms with van der Waals surface area (Å²) < 4.78 is 1.81. The first-order chi connectivity index (χ1) is 15.2. The van der Waals surface area contributed by atoms with E-state index in [1.54, 1.807) is 10.9 Å². The minimum Gasteiger partial charge on any atom is -0.325 e. The molecule has 0 aliphatic carbocycles. The first kappa shape index (κ1) is 18.8. The molecule has 4 aromatic rings. The average Bonchev–Trinajstić information content (AvgIpc) is 3.21. The molecule has 0 bridgehead atoms. The zero-order valence-electron chi connectivity index (χ0n) is 17.3. The van der Waals surface area contributed by atoms with Crippen LogP contribution >= 0.6 is 0 Å². The lowest BCUT2D eigenvalue weighted by Gasteiger charge is -2.18. The fourth-order valence-corrected chi connectivity index (χ4v) is 3.52. The number of allylic oxidation sites excluding steroid dienone is 2. The van der Waals surface area contributed by atoms with Crippen LogP contribution < -0.4 is 16.2 Å². The zero-order chi connectivity index (χ0) is 21.2. The Bertz CT molecular complexity index is 1300. The van der Waals surface area contributed by atoms with E-state index in [4.69, 9.17) is 4.98 Å². The van der Waals surface area contributed by atoms with Gasteiger partial charge in [-0.2, -0.15) is 5.10 Å². The molecule has 5 heterocycles. The van der Waals surface area contributed by atoms with E-state index in [2.05, 4.69) is 44.2 Å². The first-order valence-electron chi connectivity index (χ1n) is 10.1. The minimum atomic E-state index is 0.739. The molecule has 0 spiro atoms. The van der Waals surface area contributed by atoms with Crippen LogP contribution in [0.25, 0.3) is 33.4 Å². The summed E-state index contributed by atoms with van der Waals surface area (Å²) >= 11 is 0. The molecule has 154 valence electrons. The van der Waals surface area contributed by atoms with Gasteiger partial charge in [-0.15, -0.1) is 0 Å². The van der Waals surface area contributed by atoms with Crippen molar-refractivity contribution in [3.05, 3.63) is 78.8 Å². The highest BCUT2D eigenvalue weighted by Crippen LogP contribution is 2.31. The molecule has 0 saturated carbocycles. The molecule has 0 aromatic carbocycles. The van der Waals surface area contributed by atoms with Crippen molar-refractivity contribution in [3.63, 3.8) is 0 Å². The monoisotopic (exact) mass is 410 g/mol. The Balaban J connectivity index is 1.51. The fraction of sp³-hybridized carbons (Fsp3) is 0.130. The minimum absolute atomic E-state index is 0.739. The number of hydrogen-bond acceptors (Lipinski definition) is 7. The quantitative estimate of drug-likeness (QED) is 0.461. The number of nitrogens with one attached hydrogen (secondary N) is 3. The van der Waals surface area contributed by atoms with E-state index in [9.17, 15) is 0 Å². The number of anilines is 1. The number of aryl methyl sites for hydroxylation is 1. The van der Waals surface area contributed by atoms with Crippen molar-refractivity contribution >= 4 is 16.9 Å². The maximum Gasteiger partial charge on any atom is 0.132 e. The molecule has 4 aromatic heterocycles. The van der Waals surface area contributed by atoms with Crippen molar-refractivity contribution in [1.29, 1.82) is 0 Å². The van der Waals surface area contributed by atoms with Crippen molar-refractivity contribution in [2.45, 2.75) is 13.3 Å². The lowest BCUT2D eigenvalue weighted by molar-refractivity contribution is 0.708. The molecular weight excluding hydrogens is 388 g/mol. The van der Waals surface area contributed by atoms with E-state index in [0.717, 1.165) is 51.5 Å². The molecule has 0 saturated heterocycles. The summed E-state index contributed by atoms with van der Waals surface area (Å²) in [5.41, 5.74) is 12.8. The number of hydrogen-bond donors (Lipinski definition) is 3. The van der Waals surface area contributed by atoms with Crippen LogP contribution in [-0.2, 0) is 7.05 Å². The normalized spacial score (nSPS) is 13.2. The predicted octanol–water partition coefficient (Wildman–Crippen LogP) is 3.75. The molecule has 1 aliphatic rings. The van der Waals surface area contributed by atoms with Gasteiger partial charge >= 0.3 is 0 Å². The lowest BCUT2D eigenvalue weighted by atomic mass is 10.0. The van der Waals surface area contributed by atoms with Crippen molar-refractivity contribution in [2.24, 2.45) is 7.05 Å². The lowest BCUT2D eigenvalue weighted by Crippen LogP contribution is -2.33. The van der Waals surface area contributed by atoms with Crippen LogP contribution in [0.3, 0.4) is 0 Å². The molecule has 0 atom stereocenters. The molecular formula is C23H22N8. The van der Waals surface area contributed by atoms with Gasteiger partial charge in [0, 0.05) is 54.7 Å². The number of fused-ring (bicyclic) bond motifs is 1. The third kappa shape index (κ3) is 3.83. The van der Waals surface area contributed by atoms with E-state index < -0.39 is 0 Å². The molecule has 1 aliphatic heterocycles. The van der Waals surface area contributed by atoms with E-state index in [-0.39, 0.29) is 0 Å². The van der Waals surface area contributed by atoms with E-state index >= 15 is 0 Å². The smallest absolute Gasteiger partial charge is 0.132 e. The standard InChI is InChI=1S/C23H22N8/c1-3-15-9-22(29-26-11-15)28-21-7-6-19-20(27-21)10-17(13-25-19)18-14-31(2)30-23(18)16-5-4-8-24-12-16/h4-14,26,29H,3H2,1-2H3,(H,27,28). The largest absolute Gasteiger partial charge is 0.325 e. The van der Waals surface area contributed by atoms with Gasteiger partial charge in [0.15, 0.2) is 0 Å². The molecule has 0 amide bonds. The molecule has 0 fully saturated rings. The summed E-state index contributed by atoms with van der Waals surface area (Å²) in [7, 11) is 1.91. The van der Waals surface area contributed by atoms with Gasteiger partial charge in [-0.25, -0.2) is 4.98 Å². The Morgan fingerprint density at radius 2 is 2.03 bits per heavy atom. The number of aromatic nitrogens is 5. The maximum absolute atomic E-state index is 4.77. The SMILES string of the molecule is CCC1=CNNC(Nc2ccc3ncc(-c4cn(C)nc4-c4cccnc4)cc3n2)=C1. The second-order valence-electron chi connectivity index (χ2n) is 7.29. The van der Waals surface area contributed by atoms with Crippen LogP contribution in [0.4, 0.5) is 5.82 Å². The van der Waals surface area contributed by atoms with Crippen molar-refractivity contribution in [3.8, 4) is 22.4 Å². The number of hydrazine groups is 1. The van der Waals surface area contributed by atoms with Gasteiger partial charge in [-0.3, -0.25) is 20.1 Å². The average molecular weight is 410 g/mol. The molecule has 8 nitrogen and oxygen atoms in total. The van der Waals surface area contributed by atoms with Gasteiger partial charge in [0.25, 0.3) is 0 Å². The summed E-state index contributed by atoms with van der Waals surface area (Å²) in [6, 6.07) is 9.85. The molecule has 3 N–H and O–H groups in total. The first-order valence-corrected chi connectivity index (χ1v) is 10.1. The van der Waals surface area contributed by atoms with E-state index in [1.807, 2.05) is 62.2 Å². The maximum atomic E-state index is 4.77.